The number of nitrogens with two attached hydrogens (primary N) is 1. The molecule has 9 nitrogen and oxygen atoms in total. The van der Waals surface area contributed by atoms with E-state index in [0.717, 1.165) is 0 Å². The molecule has 7 N–H and O–H groups in total. The van der Waals surface area contributed by atoms with Crippen molar-refractivity contribution < 1.29 is 39.9 Å². The molecule has 1 amide bonds. The van der Waals surface area contributed by atoms with Gasteiger partial charge in [0, 0.05) is 23.0 Å². The van der Waals surface area contributed by atoms with Crippen LogP contribution in [-0.2, 0) is 14.4 Å². The summed E-state index contributed by atoms with van der Waals surface area (Å²) >= 11 is 0. The standard InChI is InChI=1S/C25H23NO8/c26-24(33)19-15(28)9-11-8-13-17(22(31)25(11,34)23(19)32)21(30)18-14(27)7-6-12(16(18)20(13)29)10-4-2-1-3-5-10/h1-7,11,13,15,19-20,27-30,34H,8-9H2,(H2,26,33)/t11-,13-,15?,19?,20-,25-/m0/s1. The molecule has 0 spiro atoms. The summed E-state index contributed by atoms with van der Waals surface area (Å²) in [6.45, 7) is 0. The van der Waals surface area contributed by atoms with E-state index in [-0.39, 0.29) is 29.7 Å². The molecule has 5 rings (SSSR count). The molecule has 0 radical (unpaired) electrons. The van der Waals surface area contributed by atoms with Crippen LogP contribution in [0.2, 0.25) is 0 Å². The number of fused-ring (bicyclic) bond motifs is 3. The highest BCUT2D eigenvalue weighted by Gasteiger charge is 2.65. The van der Waals surface area contributed by atoms with E-state index in [1.165, 1.54) is 6.07 Å². The average Bonchev–Trinajstić information content (AvgIpc) is 2.79. The molecule has 2 fully saturated rings. The van der Waals surface area contributed by atoms with Crippen LogP contribution in [0.4, 0.5) is 0 Å². The lowest BCUT2D eigenvalue weighted by atomic mass is 9.55. The van der Waals surface area contributed by atoms with Gasteiger partial charge >= 0.3 is 0 Å². The van der Waals surface area contributed by atoms with E-state index in [0.29, 0.717) is 11.1 Å². The van der Waals surface area contributed by atoms with Gasteiger partial charge in [-0.15, -0.1) is 0 Å². The molecule has 0 aliphatic heterocycles. The maximum Gasteiger partial charge on any atom is 0.230 e. The summed E-state index contributed by atoms with van der Waals surface area (Å²) in [5.41, 5.74) is 3.44. The highest BCUT2D eigenvalue weighted by molar-refractivity contribution is 6.24. The zero-order valence-corrected chi connectivity index (χ0v) is 17.9. The van der Waals surface area contributed by atoms with Crippen molar-refractivity contribution in [3.8, 4) is 16.9 Å². The van der Waals surface area contributed by atoms with Crippen molar-refractivity contribution in [2.45, 2.75) is 30.7 Å². The summed E-state index contributed by atoms with van der Waals surface area (Å²) in [5.74, 6) is -8.49. The molecular weight excluding hydrogens is 442 g/mol. The fraction of sp³-hybridized carbons (Fsp3) is 0.320. The molecule has 0 aromatic heterocycles. The summed E-state index contributed by atoms with van der Waals surface area (Å²) in [4.78, 5) is 38.3. The van der Waals surface area contributed by atoms with Crippen LogP contribution in [0.5, 0.6) is 5.75 Å². The Morgan fingerprint density at radius 3 is 2.32 bits per heavy atom. The Hall–Kier alpha value is -3.53. The Balaban J connectivity index is 1.71. The Morgan fingerprint density at radius 2 is 1.68 bits per heavy atom. The number of aliphatic hydroxyl groups excluding tert-OH is 3. The number of phenols is 1. The summed E-state index contributed by atoms with van der Waals surface area (Å²) in [5, 5.41) is 54.7. The number of ketones is 2. The molecule has 9 heteroatoms. The average molecular weight is 465 g/mol. The lowest BCUT2D eigenvalue weighted by Gasteiger charge is -2.49. The molecule has 2 saturated carbocycles. The lowest BCUT2D eigenvalue weighted by Crippen LogP contribution is -2.66. The smallest absolute Gasteiger partial charge is 0.230 e. The number of hydrogen-bond acceptors (Lipinski definition) is 8. The minimum atomic E-state index is -2.69. The third-order valence-electron chi connectivity index (χ3n) is 7.44. The zero-order chi connectivity index (χ0) is 24.5. The lowest BCUT2D eigenvalue weighted by molar-refractivity contribution is -0.176. The van der Waals surface area contributed by atoms with E-state index in [1.807, 2.05) is 6.07 Å². The number of aliphatic hydroxyl groups is 4. The van der Waals surface area contributed by atoms with Gasteiger partial charge in [-0.1, -0.05) is 36.4 Å². The van der Waals surface area contributed by atoms with Crippen LogP contribution in [0.25, 0.3) is 16.9 Å². The minimum absolute atomic E-state index is 0.125. The predicted molar refractivity (Wildman–Crippen MR) is 118 cm³/mol. The Morgan fingerprint density at radius 1 is 1.00 bits per heavy atom. The predicted octanol–water partition coefficient (Wildman–Crippen LogP) is 0.747. The van der Waals surface area contributed by atoms with Gasteiger partial charge in [-0.3, -0.25) is 14.4 Å². The molecule has 2 aromatic carbocycles. The molecule has 34 heavy (non-hydrogen) atoms. The quantitative estimate of drug-likeness (QED) is 0.352. The van der Waals surface area contributed by atoms with E-state index < -0.39 is 64.4 Å². The third-order valence-corrected chi connectivity index (χ3v) is 7.44. The number of aromatic hydroxyl groups is 1. The summed E-state index contributed by atoms with van der Waals surface area (Å²) < 4.78 is 0. The minimum Gasteiger partial charge on any atom is -0.507 e. The van der Waals surface area contributed by atoms with Crippen LogP contribution >= 0.6 is 0 Å². The van der Waals surface area contributed by atoms with Crippen LogP contribution in [-0.4, -0.2) is 54.7 Å². The van der Waals surface area contributed by atoms with Gasteiger partial charge in [0.15, 0.2) is 11.4 Å². The maximum absolute atomic E-state index is 13.5. The fourth-order valence-corrected chi connectivity index (χ4v) is 5.83. The first-order valence-electron chi connectivity index (χ1n) is 10.9. The summed E-state index contributed by atoms with van der Waals surface area (Å²) in [6.07, 6.45) is -3.24. The van der Waals surface area contributed by atoms with Gasteiger partial charge in [0.1, 0.15) is 17.4 Å². The third kappa shape index (κ3) is 2.81. The number of carbonyl (C=O) groups is 3. The van der Waals surface area contributed by atoms with E-state index in [2.05, 4.69) is 0 Å². The van der Waals surface area contributed by atoms with Crippen molar-refractivity contribution in [1.82, 2.24) is 0 Å². The number of amides is 1. The molecule has 0 saturated heterocycles. The number of hydrogen-bond donors (Lipinski definition) is 6. The molecule has 3 aliphatic carbocycles. The molecule has 2 unspecified atom stereocenters. The van der Waals surface area contributed by atoms with E-state index >= 15 is 0 Å². The second-order valence-corrected chi connectivity index (χ2v) is 9.18. The van der Waals surface area contributed by atoms with Gasteiger partial charge in [-0.2, -0.15) is 0 Å². The van der Waals surface area contributed by atoms with Gasteiger partial charge in [-0.05, 0) is 30.0 Å². The first-order valence-corrected chi connectivity index (χ1v) is 10.9. The summed E-state index contributed by atoms with van der Waals surface area (Å²) in [7, 11) is 0. The monoisotopic (exact) mass is 465 g/mol. The van der Waals surface area contributed by atoms with Gasteiger partial charge in [0.25, 0.3) is 0 Å². The van der Waals surface area contributed by atoms with Crippen molar-refractivity contribution in [2.24, 2.45) is 23.5 Å². The number of primary amides is 1. The van der Waals surface area contributed by atoms with Gasteiger partial charge < -0.3 is 31.3 Å². The Labute approximate surface area is 193 Å². The highest BCUT2D eigenvalue weighted by Crippen LogP contribution is 2.55. The van der Waals surface area contributed by atoms with E-state index in [9.17, 15) is 39.9 Å². The van der Waals surface area contributed by atoms with Crippen LogP contribution in [0, 0.1) is 17.8 Å². The molecular formula is C25H23NO8. The molecule has 176 valence electrons. The zero-order valence-electron chi connectivity index (χ0n) is 17.9. The maximum atomic E-state index is 13.5. The second-order valence-electron chi connectivity index (χ2n) is 9.18. The van der Waals surface area contributed by atoms with Gasteiger partial charge in [0.2, 0.25) is 11.7 Å². The summed E-state index contributed by atoms with van der Waals surface area (Å²) in [6, 6.07) is 11.9. The van der Waals surface area contributed by atoms with Crippen molar-refractivity contribution in [2.75, 3.05) is 0 Å². The molecule has 6 atom stereocenters. The van der Waals surface area contributed by atoms with Crippen LogP contribution in [0.3, 0.4) is 0 Å². The molecule has 0 heterocycles. The van der Waals surface area contributed by atoms with Gasteiger partial charge in [-0.25, -0.2) is 0 Å². The SMILES string of the molecule is NC(=O)C1C(=O)[C@@]2(O)C(=O)C3=C(O)c4c(O)ccc(-c5ccccc5)c4[C@@H](O)[C@H]3C[C@H]2CC1O. The number of phenolic OH excluding ortho intramolecular Hbond substituents is 1. The number of rotatable bonds is 2. The number of carbonyl (C=O) groups excluding carboxylic acids is 3. The van der Waals surface area contributed by atoms with E-state index in [4.69, 9.17) is 5.73 Å². The normalized spacial score (nSPS) is 32.6. The number of Topliss-reactive ketones (excluding diaryl/α,β-unsaturated/α-hetero) is 2. The van der Waals surface area contributed by atoms with Crippen molar-refractivity contribution >= 4 is 23.2 Å². The molecule has 0 bridgehead atoms. The van der Waals surface area contributed by atoms with Gasteiger partial charge in [0.05, 0.1) is 17.8 Å². The second kappa shape index (κ2) is 7.49. The van der Waals surface area contributed by atoms with Crippen molar-refractivity contribution in [3.05, 3.63) is 59.2 Å². The van der Waals surface area contributed by atoms with Crippen LogP contribution in [0.1, 0.15) is 30.1 Å². The van der Waals surface area contributed by atoms with E-state index in [1.54, 1.807) is 30.3 Å². The highest BCUT2D eigenvalue weighted by atomic mass is 16.3. The van der Waals surface area contributed by atoms with Crippen molar-refractivity contribution in [3.63, 3.8) is 0 Å². The van der Waals surface area contributed by atoms with Crippen LogP contribution < -0.4 is 5.73 Å². The Bertz CT molecular complexity index is 1270. The van der Waals surface area contributed by atoms with Crippen LogP contribution in [0.15, 0.2) is 48.0 Å². The topological polar surface area (TPSA) is 178 Å². The largest absolute Gasteiger partial charge is 0.507 e. The molecule has 2 aromatic rings. The molecule has 3 aliphatic rings. The first kappa shape index (κ1) is 22.3. The first-order chi connectivity index (χ1) is 16.1. The van der Waals surface area contributed by atoms with Crippen molar-refractivity contribution in [1.29, 1.82) is 0 Å². The number of benzene rings is 2. The fourth-order valence-electron chi connectivity index (χ4n) is 5.83. The Kier molecular flexibility index (Phi) is 4.91.